The van der Waals surface area contributed by atoms with Gasteiger partial charge in [0.2, 0.25) is 0 Å². The maximum Gasteiger partial charge on any atom is 0.177 e. The Balaban J connectivity index is 1.93. The van der Waals surface area contributed by atoms with Gasteiger partial charge in [0.1, 0.15) is 7.05 Å². The summed E-state index contributed by atoms with van der Waals surface area (Å²) in [4.78, 5) is 0. The fourth-order valence-corrected chi connectivity index (χ4v) is 2.45. The zero-order valence-electron chi connectivity index (χ0n) is 12.8. The van der Waals surface area contributed by atoms with E-state index in [1.807, 2.05) is 0 Å². The van der Waals surface area contributed by atoms with E-state index in [1.165, 1.54) is 33.5 Å². The maximum atomic E-state index is 2.19. The second kappa shape index (κ2) is 5.53. The average Bonchev–Trinajstić information content (AvgIpc) is 2.51. The Kier molecular flexibility index (Phi) is 3.57. The summed E-state index contributed by atoms with van der Waals surface area (Å²) in [6.07, 6.45) is 2.18. The van der Waals surface area contributed by atoms with Crippen molar-refractivity contribution >= 4 is 0 Å². The van der Waals surface area contributed by atoms with Crippen LogP contribution in [0.1, 0.15) is 11.3 Å². The van der Waals surface area contributed by atoms with Gasteiger partial charge in [-0.15, -0.1) is 0 Å². The van der Waals surface area contributed by atoms with Gasteiger partial charge in [-0.25, -0.2) is 4.57 Å². The van der Waals surface area contributed by atoms with Crippen molar-refractivity contribution in [3.8, 4) is 22.3 Å². The lowest BCUT2D eigenvalue weighted by Crippen LogP contribution is -2.31. The quantitative estimate of drug-likeness (QED) is 0.607. The number of rotatable bonds is 2. The highest BCUT2D eigenvalue weighted by Gasteiger charge is 2.05. The Morgan fingerprint density at radius 3 is 1.52 bits per heavy atom. The number of pyridine rings is 1. The summed E-state index contributed by atoms with van der Waals surface area (Å²) in [5, 5.41) is 0. The summed E-state index contributed by atoms with van der Waals surface area (Å²) in [6, 6.07) is 21.8. The van der Waals surface area contributed by atoms with Crippen molar-refractivity contribution in [2.45, 2.75) is 13.8 Å². The lowest BCUT2D eigenvalue weighted by atomic mass is 10.0. The molecule has 0 N–H and O–H groups in total. The lowest BCUT2D eigenvalue weighted by Gasteiger charge is -2.05. The van der Waals surface area contributed by atoms with Crippen molar-refractivity contribution in [3.63, 3.8) is 0 Å². The minimum Gasteiger partial charge on any atom is -0.205 e. The van der Waals surface area contributed by atoms with Gasteiger partial charge in [0.05, 0.1) is 0 Å². The van der Waals surface area contributed by atoms with E-state index in [0.717, 1.165) is 0 Å². The van der Waals surface area contributed by atoms with Crippen molar-refractivity contribution in [1.29, 1.82) is 0 Å². The molecule has 1 heteroatoms. The van der Waals surface area contributed by atoms with Crippen molar-refractivity contribution in [2.24, 2.45) is 7.05 Å². The van der Waals surface area contributed by atoms with E-state index in [-0.39, 0.29) is 0 Å². The van der Waals surface area contributed by atoms with E-state index in [0.29, 0.717) is 0 Å². The first-order valence-electron chi connectivity index (χ1n) is 7.27. The molecule has 0 aliphatic carbocycles. The molecule has 2 aromatic carbocycles. The van der Waals surface area contributed by atoms with Crippen molar-refractivity contribution in [3.05, 3.63) is 78.1 Å². The highest BCUT2D eigenvalue weighted by molar-refractivity contribution is 5.69. The first kappa shape index (κ1) is 13.6. The van der Waals surface area contributed by atoms with Crippen LogP contribution < -0.4 is 4.57 Å². The first-order chi connectivity index (χ1) is 10.1. The molecule has 3 rings (SSSR count). The fourth-order valence-electron chi connectivity index (χ4n) is 2.45. The molecule has 0 saturated heterocycles. The topological polar surface area (TPSA) is 3.88 Å². The predicted molar refractivity (Wildman–Crippen MR) is 88.0 cm³/mol. The normalized spacial score (nSPS) is 10.6. The van der Waals surface area contributed by atoms with E-state index in [4.69, 9.17) is 0 Å². The molecule has 1 heterocycles. The highest BCUT2D eigenvalue weighted by atomic mass is 14.9. The van der Waals surface area contributed by atoms with Crippen LogP contribution in [0.4, 0.5) is 0 Å². The average molecular weight is 274 g/mol. The summed E-state index contributed by atoms with van der Waals surface area (Å²) in [6.45, 7) is 4.23. The third-order valence-corrected chi connectivity index (χ3v) is 4.00. The Bertz CT molecular complexity index is 753. The molecule has 1 aromatic heterocycles. The third-order valence-electron chi connectivity index (χ3n) is 4.00. The molecule has 0 aliphatic rings. The Labute approximate surface area is 126 Å². The van der Waals surface area contributed by atoms with Gasteiger partial charge in [0.15, 0.2) is 11.9 Å². The molecule has 0 saturated carbocycles. The van der Waals surface area contributed by atoms with E-state index >= 15 is 0 Å². The van der Waals surface area contributed by atoms with Gasteiger partial charge < -0.3 is 0 Å². The largest absolute Gasteiger partial charge is 0.205 e. The fraction of sp³-hybridized carbons (Fsp3) is 0.150. The van der Waals surface area contributed by atoms with E-state index in [1.54, 1.807) is 0 Å². The molecule has 3 aromatic rings. The van der Waals surface area contributed by atoms with Gasteiger partial charge >= 0.3 is 0 Å². The summed E-state index contributed by atoms with van der Waals surface area (Å²) < 4.78 is 2.16. The van der Waals surface area contributed by atoms with Crippen LogP contribution in [-0.4, -0.2) is 0 Å². The molecular formula is C20H20N+. The van der Waals surface area contributed by atoms with Crippen LogP contribution in [-0.2, 0) is 7.05 Å². The van der Waals surface area contributed by atoms with Gasteiger partial charge in [-0.2, -0.15) is 0 Å². The number of aryl methyl sites for hydroxylation is 3. The Hall–Kier alpha value is -2.41. The lowest BCUT2D eigenvalue weighted by molar-refractivity contribution is -0.677. The SMILES string of the molecule is Cc1ccc(-c2ccc(-c3ccc(C)[n+](C)c3)cc2)cc1. The molecule has 0 bridgehead atoms. The Morgan fingerprint density at radius 2 is 1.00 bits per heavy atom. The Morgan fingerprint density at radius 1 is 0.571 bits per heavy atom. The zero-order valence-corrected chi connectivity index (χ0v) is 12.8. The monoisotopic (exact) mass is 274 g/mol. The van der Waals surface area contributed by atoms with Gasteiger partial charge in [-0.3, -0.25) is 0 Å². The van der Waals surface area contributed by atoms with Crippen LogP contribution in [0.5, 0.6) is 0 Å². The van der Waals surface area contributed by atoms with E-state index < -0.39 is 0 Å². The number of hydrogen-bond donors (Lipinski definition) is 0. The smallest absolute Gasteiger partial charge is 0.177 e. The molecule has 0 spiro atoms. The summed E-state index contributed by atoms with van der Waals surface area (Å²) in [5.41, 5.74) is 7.58. The predicted octanol–water partition coefficient (Wildman–Crippen LogP) is 4.46. The molecule has 21 heavy (non-hydrogen) atoms. The summed E-state index contributed by atoms with van der Waals surface area (Å²) >= 11 is 0. The molecule has 0 amide bonds. The zero-order chi connectivity index (χ0) is 14.8. The van der Waals surface area contributed by atoms with Gasteiger partial charge in [0.25, 0.3) is 0 Å². The summed E-state index contributed by atoms with van der Waals surface area (Å²) in [5.74, 6) is 0. The minimum atomic E-state index is 1.25. The molecule has 0 fully saturated rings. The second-order valence-corrected chi connectivity index (χ2v) is 5.61. The van der Waals surface area contributed by atoms with E-state index in [2.05, 4.69) is 92.3 Å². The van der Waals surface area contributed by atoms with Gasteiger partial charge in [-0.1, -0.05) is 54.1 Å². The van der Waals surface area contributed by atoms with Crippen LogP contribution in [0.2, 0.25) is 0 Å². The maximum absolute atomic E-state index is 2.19. The molecule has 0 radical (unpaired) electrons. The van der Waals surface area contributed by atoms with E-state index in [9.17, 15) is 0 Å². The van der Waals surface area contributed by atoms with Crippen molar-refractivity contribution in [2.75, 3.05) is 0 Å². The standard InChI is InChI=1S/C20H20N/c1-15-4-7-17(8-5-15)18-10-12-19(13-11-18)20-9-6-16(2)21(3)14-20/h4-14H,1-3H3/q+1. The van der Waals surface area contributed by atoms with Gasteiger partial charge in [-0.05, 0) is 29.7 Å². The van der Waals surface area contributed by atoms with Crippen LogP contribution in [0.15, 0.2) is 66.9 Å². The highest BCUT2D eigenvalue weighted by Crippen LogP contribution is 2.24. The number of nitrogens with zero attached hydrogens (tertiary/aromatic N) is 1. The van der Waals surface area contributed by atoms with Crippen LogP contribution in [0, 0.1) is 13.8 Å². The summed E-state index contributed by atoms with van der Waals surface area (Å²) in [7, 11) is 2.08. The molecule has 0 unspecified atom stereocenters. The number of benzene rings is 2. The molecule has 1 nitrogen and oxygen atoms in total. The molecule has 104 valence electrons. The van der Waals surface area contributed by atoms with Crippen LogP contribution in [0.3, 0.4) is 0 Å². The second-order valence-electron chi connectivity index (χ2n) is 5.61. The number of hydrogen-bond acceptors (Lipinski definition) is 0. The van der Waals surface area contributed by atoms with Crippen molar-refractivity contribution in [1.82, 2.24) is 0 Å². The third kappa shape index (κ3) is 2.87. The van der Waals surface area contributed by atoms with Crippen molar-refractivity contribution < 1.29 is 4.57 Å². The molecule has 0 aliphatic heterocycles. The van der Waals surface area contributed by atoms with Gasteiger partial charge in [0, 0.05) is 18.6 Å². The molecular weight excluding hydrogens is 254 g/mol. The first-order valence-corrected chi connectivity index (χ1v) is 7.27. The minimum absolute atomic E-state index is 1.25. The molecule has 0 atom stereocenters. The number of aromatic nitrogens is 1. The van der Waals surface area contributed by atoms with Crippen LogP contribution in [0.25, 0.3) is 22.3 Å². The van der Waals surface area contributed by atoms with Crippen LogP contribution >= 0.6 is 0 Å².